The molecule has 0 aliphatic carbocycles. The number of piperidine rings is 1. The zero-order valence-electron chi connectivity index (χ0n) is 14.2. The molecular weight excluding hydrogens is 318 g/mol. The second kappa shape index (κ2) is 7.71. The van der Waals surface area contributed by atoms with Crippen LogP contribution in [0.15, 0.2) is 30.3 Å². The molecule has 1 atom stereocenters. The first kappa shape index (κ1) is 16.8. The molecule has 0 spiro atoms. The highest BCUT2D eigenvalue weighted by atomic mass is 16.5. The number of hydrogen-bond acceptors (Lipinski definition) is 5. The molecule has 25 heavy (non-hydrogen) atoms. The Kier molecular flexibility index (Phi) is 5.19. The molecule has 0 unspecified atom stereocenters. The highest BCUT2D eigenvalue weighted by Gasteiger charge is 2.25. The van der Waals surface area contributed by atoms with E-state index in [1.165, 1.54) is 0 Å². The van der Waals surface area contributed by atoms with Crippen LogP contribution in [0, 0.1) is 17.4 Å². The van der Waals surface area contributed by atoms with Crippen molar-refractivity contribution in [2.24, 2.45) is 5.92 Å². The number of carbonyl (C=O) groups excluding carboxylic acids is 1. The Hall–Kier alpha value is -3.01. The van der Waals surface area contributed by atoms with E-state index in [1.807, 2.05) is 35.4 Å². The number of nitrogens with zero attached hydrogens (tertiary/aromatic N) is 3. The molecule has 1 fully saturated rings. The number of rotatable bonds is 5. The van der Waals surface area contributed by atoms with Crippen LogP contribution in [0.3, 0.4) is 0 Å². The minimum absolute atomic E-state index is 0.0473. The lowest BCUT2D eigenvalue weighted by atomic mass is 9.98. The predicted molar refractivity (Wildman–Crippen MR) is 92.8 cm³/mol. The van der Waals surface area contributed by atoms with Crippen LogP contribution in [0.25, 0.3) is 11.3 Å². The molecule has 1 amide bonds. The van der Waals surface area contributed by atoms with Crippen molar-refractivity contribution in [3.63, 3.8) is 0 Å². The average molecular weight is 339 g/mol. The Labute approximate surface area is 146 Å². The van der Waals surface area contributed by atoms with E-state index in [1.54, 1.807) is 13.2 Å². The van der Waals surface area contributed by atoms with Crippen LogP contribution in [-0.2, 0) is 0 Å². The van der Waals surface area contributed by atoms with E-state index in [4.69, 9.17) is 10.00 Å². The minimum Gasteiger partial charge on any atom is -0.497 e. The number of aromatic amines is 1. The van der Waals surface area contributed by atoms with Crippen LogP contribution in [0.5, 0.6) is 5.75 Å². The Morgan fingerprint density at radius 3 is 3.00 bits per heavy atom. The fourth-order valence-electron chi connectivity index (χ4n) is 3.12. The highest BCUT2D eigenvalue weighted by molar-refractivity contribution is 5.93. The quantitative estimate of drug-likeness (QED) is 0.642. The maximum Gasteiger partial charge on any atom is 0.271 e. The molecule has 7 nitrogen and oxygen atoms in total. The number of carbonyl (C=O) groups is 1. The van der Waals surface area contributed by atoms with Gasteiger partial charge in [0.1, 0.15) is 11.4 Å². The van der Waals surface area contributed by atoms with E-state index in [-0.39, 0.29) is 5.91 Å². The van der Waals surface area contributed by atoms with E-state index in [0.717, 1.165) is 36.4 Å². The van der Waals surface area contributed by atoms with Gasteiger partial charge < -0.3 is 15.0 Å². The SMILES string of the molecule is COc1ccc(-c2cc(C(=O)N3CCC[C@H](CNC#N)C3)[nH]n2)cc1. The zero-order chi connectivity index (χ0) is 17.6. The summed E-state index contributed by atoms with van der Waals surface area (Å²) in [5, 5.41) is 18.4. The second-order valence-electron chi connectivity index (χ2n) is 6.15. The van der Waals surface area contributed by atoms with E-state index in [9.17, 15) is 4.79 Å². The summed E-state index contributed by atoms with van der Waals surface area (Å²) >= 11 is 0. The number of likely N-dealkylation sites (tertiary alicyclic amines) is 1. The molecule has 3 rings (SSSR count). The smallest absolute Gasteiger partial charge is 0.271 e. The van der Waals surface area contributed by atoms with Crippen LogP contribution in [0.1, 0.15) is 23.3 Å². The maximum absolute atomic E-state index is 12.7. The fraction of sp³-hybridized carbons (Fsp3) is 0.389. The van der Waals surface area contributed by atoms with Crippen molar-refractivity contribution >= 4 is 5.91 Å². The molecule has 1 saturated heterocycles. The Morgan fingerprint density at radius 2 is 2.28 bits per heavy atom. The molecule has 1 aromatic heterocycles. The number of nitrogens with one attached hydrogen (secondary N) is 2. The number of nitriles is 1. The van der Waals surface area contributed by atoms with E-state index in [2.05, 4.69) is 15.5 Å². The summed E-state index contributed by atoms with van der Waals surface area (Å²) in [5.74, 6) is 1.04. The van der Waals surface area contributed by atoms with Crippen molar-refractivity contribution in [1.82, 2.24) is 20.4 Å². The Morgan fingerprint density at radius 1 is 1.48 bits per heavy atom. The maximum atomic E-state index is 12.7. The second-order valence-corrected chi connectivity index (χ2v) is 6.15. The largest absolute Gasteiger partial charge is 0.497 e. The summed E-state index contributed by atoms with van der Waals surface area (Å²) < 4.78 is 5.15. The summed E-state index contributed by atoms with van der Waals surface area (Å²) in [5.41, 5.74) is 2.14. The van der Waals surface area contributed by atoms with Gasteiger partial charge in [0.05, 0.1) is 12.8 Å². The summed E-state index contributed by atoms with van der Waals surface area (Å²) in [6.07, 6.45) is 3.92. The number of ether oxygens (including phenoxy) is 1. The Bertz CT molecular complexity index is 763. The van der Waals surface area contributed by atoms with Crippen molar-refractivity contribution in [3.05, 3.63) is 36.0 Å². The predicted octanol–water partition coefficient (Wildman–Crippen LogP) is 2.01. The molecule has 1 aliphatic rings. The molecule has 2 aromatic rings. The number of hydrogen-bond donors (Lipinski definition) is 2. The van der Waals surface area contributed by atoms with Crippen molar-refractivity contribution in [2.75, 3.05) is 26.7 Å². The fourth-order valence-corrected chi connectivity index (χ4v) is 3.12. The first-order chi connectivity index (χ1) is 12.2. The number of benzene rings is 1. The third-order valence-electron chi connectivity index (χ3n) is 4.47. The van der Waals surface area contributed by atoms with Crippen LogP contribution in [0.2, 0.25) is 0 Å². The van der Waals surface area contributed by atoms with Crippen LogP contribution < -0.4 is 10.1 Å². The van der Waals surface area contributed by atoms with Crippen molar-refractivity contribution in [3.8, 4) is 23.2 Å². The van der Waals surface area contributed by atoms with Crippen LogP contribution >= 0.6 is 0 Å². The van der Waals surface area contributed by atoms with Crippen molar-refractivity contribution in [1.29, 1.82) is 5.26 Å². The van der Waals surface area contributed by atoms with Gasteiger partial charge in [0.2, 0.25) is 0 Å². The molecule has 0 radical (unpaired) electrons. The summed E-state index contributed by atoms with van der Waals surface area (Å²) in [6.45, 7) is 2.00. The lowest BCUT2D eigenvalue weighted by Crippen LogP contribution is -2.42. The van der Waals surface area contributed by atoms with E-state index >= 15 is 0 Å². The van der Waals surface area contributed by atoms with Gasteiger partial charge in [-0.1, -0.05) is 0 Å². The molecule has 2 N–H and O–H groups in total. The molecule has 0 bridgehead atoms. The van der Waals surface area contributed by atoms with Gasteiger partial charge in [0.25, 0.3) is 5.91 Å². The van der Waals surface area contributed by atoms with Gasteiger partial charge in [-0.2, -0.15) is 10.4 Å². The molecular formula is C18H21N5O2. The van der Waals surface area contributed by atoms with Gasteiger partial charge in [0, 0.05) is 25.2 Å². The monoisotopic (exact) mass is 339 g/mol. The van der Waals surface area contributed by atoms with Crippen molar-refractivity contribution < 1.29 is 9.53 Å². The first-order valence-corrected chi connectivity index (χ1v) is 8.32. The molecule has 130 valence electrons. The standard InChI is InChI=1S/C18H21N5O2/c1-25-15-6-4-14(5-7-15)16-9-17(22-21-16)18(24)23-8-2-3-13(11-23)10-20-12-19/h4-7,9,13,20H,2-3,8,10-11H2,1H3,(H,21,22)/t13-/m1/s1. The first-order valence-electron chi connectivity index (χ1n) is 8.32. The topological polar surface area (TPSA) is 94.0 Å². The van der Waals surface area contributed by atoms with Gasteiger partial charge >= 0.3 is 0 Å². The molecule has 1 aromatic carbocycles. The lowest BCUT2D eigenvalue weighted by molar-refractivity contribution is 0.0669. The highest BCUT2D eigenvalue weighted by Crippen LogP contribution is 2.23. The van der Waals surface area contributed by atoms with Gasteiger partial charge in [-0.25, -0.2) is 0 Å². The molecule has 7 heteroatoms. The number of aromatic nitrogens is 2. The average Bonchev–Trinajstić information content (AvgIpc) is 3.16. The van der Waals surface area contributed by atoms with Crippen LogP contribution in [-0.4, -0.2) is 47.7 Å². The number of amides is 1. The lowest BCUT2D eigenvalue weighted by Gasteiger charge is -2.32. The van der Waals surface area contributed by atoms with Gasteiger partial charge in [-0.3, -0.25) is 9.89 Å². The summed E-state index contributed by atoms with van der Waals surface area (Å²) in [6, 6.07) is 9.33. The van der Waals surface area contributed by atoms with Crippen LogP contribution in [0.4, 0.5) is 0 Å². The van der Waals surface area contributed by atoms with Crippen molar-refractivity contribution in [2.45, 2.75) is 12.8 Å². The summed E-state index contributed by atoms with van der Waals surface area (Å²) in [7, 11) is 1.62. The number of H-pyrrole nitrogens is 1. The normalized spacial score (nSPS) is 17.0. The number of methoxy groups -OCH3 is 1. The summed E-state index contributed by atoms with van der Waals surface area (Å²) in [4.78, 5) is 14.5. The minimum atomic E-state index is -0.0473. The zero-order valence-corrected chi connectivity index (χ0v) is 14.2. The third-order valence-corrected chi connectivity index (χ3v) is 4.47. The molecule has 0 saturated carbocycles. The third kappa shape index (κ3) is 3.91. The Balaban J connectivity index is 1.68. The molecule has 1 aliphatic heterocycles. The van der Waals surface area contributed by atoms with E-state index < -0.39 is 0 Å². The molecule has 2 heterocycles. The van der Waals surface area contributed by atoms with Gasteiger partial charge in [-0.15, -0.1) is 0 Å². The van der Waals surface area contributed by atoms with Gasteiger partial charge in [0.15, 0.2) is 6.19 Å². The van der Waals surface area contributed by atoms with E-state index in [0.29, 0.717) is 24.7 Å². The van der Waals surface area contributed by atoms with Gasteiger partial charge in [-0.05, 0) is 49.1 Å².